The van der Waals surface area contributed by atoms with Crippen molar-refractivity contribution in [2.75, 3.05) is 13.7 Å². The molecule has 122 valence electrons. The lowest BCUT2D eigenvalue weighted by Crippen LogP contribution is -2.20. The molecule has 1 aromatic carbocycles. The van der Waals surface area contributed by atoms with Crippen LogP contribution in [-0.4, -0.2) is 24.3 Å². The van der Waals surface area contributed by atoms with Crippen LogP contribution in [0.25, 0.3) is 0 Å². The Morgan fingerprint density at radius 3 is 2.57 bits per heavy atom. The van der Waals surface area contributed by atoms with Crippen LogP contribution in [0.3, 0.4) is 0 Å². The summed E-state index contributed by atoms with van der Waals surface area (Å²) in [5.74, 6) is 0.239. The normalized spacial score (nSPS) is 10.4. The lowest BCUT2D eigenvalue weighted by atomic mass is 10.2. The van der Waals surface area contributed by atoms with Crippen LogP contribution in [0.15, 0.2) is 41.3 Å². The predicted octanol–water partition coefficient (Wildman–Crippen LogP) is 3.41. The fourth-order valence-corrected chi connectivity index (χ4v) is 2.47. The second-order valence-corrected chi connectivity index (χ2v) is 5.57. The highest BCUT2D eigenvalue weighted by molar-refractivity contribution is 6.34. The van der Waals surface area contributed by atoms with Crippen LogP contribution < -0.4 is 10.3 Å². The van der Waals surface area contributed by atoms with Crippen molar-refractivity contribution in [3.8, 4) is 5.75 Å². The number of carbonyl (C=O) groups excluding carboxylic acids is 1. The van der Waals surface area contributed by atoms with E-state index < -0.39 is 5.97 Å². The average molecular weight is 356 g/mol. The Morgan fingerprint density at radius 1 is 1.22 bits per heavy atom. The molecule has 0 fully saturated rings. The van der Waals surface area contributed by atoms with E-state index in [0.717, 1.165) is 0 Å². The van der Waals surface area contributed by atoms with Crippen molar-refractivity contribution in [3.05, 3.63) is 62.5 Å². The van der Waals surface area contributed by atoms with E-state index in [1.807, 2.05) is 0 Å². The zero-order valence-electron chi connectivity index (χ0n) is 12.4. The number of pyridine rings is 1. The maximum atomic E-state index is 11.8. The summed E-state index contributed by atoms with van der Waals surface area (Å²) in [6.07, 6.45) is 2.15. The Bertz CT molecular complexity index is 741. The molecule has 0 saturated carbocycles. The number of benzene rings is 1. The predicted molar refractivity (Wildman–Crippen MR) is 88.6 cm³/mol. The molecule has 0 amide bonds. The summed E-state index contributed by atoms with van der Waals surface area (Å²) in [7, 11) is 1.33. The first-order valence-corrected chi connectivity index (χ1v) is 7.63. The molecule has 0 bridgehead atoms. The smallest absolute Gasteiger partial charge is 0.337 e. The van der Waals surface area contributed by atoms with E-state index in [1.54, 1.807) is 30.5 Å². The number of carbonyl (C=O) groups is 1. The van der Waals surface area contributed by atoms with Gasteiger partial charge in [-0.1, -0.05) is 23.2 Å². The van der Waals surface area contributed by atoms with Gasteiger partial charge in [0, 0.05) is 12.7 Å². The van der Waals surface area contributed by atoms with Crippen molar-refractivity contribution in [1.82, 2.24) is 4.57 Å². The van der Waals surface area contributed by atoms with Crippen LogP contribution in [0.2, 0.25) is 10.0 Å². The fourth-order valence-electron chi connectivity index (χ4n) is 1.96. The number of esters is 1. The first kappa shape index (κ1) is 17.4. The second kappa shape index (κ2) is 8.04. The number of nitrogens with zero attached hydrogens (tertiary/aromatic N) is 1. The lowest BCUT2D eigenvalue weighted by Gasteiger charge is -2.09. The third-order valence-corrected chi connectivity index (χ3v) is 3.57. The molecule has 2 rings (SSSR count). The van der Waals surface area contributed by atoms with E-state index in [-0.39, 0.29) is 10.6 Å². The molecule has 0 saturated heterocycles. The minimum Gasteiger partial charge on any atom is -0.494 e. The Hall–Kier alpha value is -1.98. The highest BCUT2D eigenvalue weighted by Crippen LogP contribution is 2.14. The molecule has 0 aliphatic rings. The van der Waals surface area contributed by atoms with Gasteiger partial charge in [-0.15, -0.1) is 0 Å². The molecule has 1 aromatic heterocycles. The van der Waals surface area contributed by atoms with Gasteiger partial charge in [-0.05, 0) is 36.8 Å². The average Bonchev–Trinajstić information content (AvgIpc) is 2.55. The molecular formula is C16H15Cl2NO4. The first-order chi connectivity index (χ1) is 11.0. The van der Waals surface area contributed by atoms with Gasteiger partial charge < -0.3 is 14.0 Å². The van der Waals surface area contributed by atoms with Crippen LogP contribution >= 0.6 is 23.2 Å². The van der Waals surface area contributed by atoms with Crippen molar-refractivity contribution in [2.45, 2.75) is 13.0 Å². The highest BCUT2D eigenvalue weighted by atomic mass is 35.5. The van der Waals surface area contributed by atoms with Crippen molar-refractivity contribution in [2.24, 2.45) is 0 Å². The van der Waals surface area contributed by atoms with Crippen LogP contribution in [0.1, 0.15) is 16.8 Å². The van der Waals surface area contributed by atoms with E-state index in [4.69, 9.17) is 27.9 Å². The van der Waals surface area contributed by atoms with Gasteiger partial charge in [0.1, 0.15) is 10.8 Å². The molecule has 0 spiro atoms. The number of halogens is 2. The lowest BCUT2D eigenvalue weighted by molar-refractivity contribution is 0.0600. The molecule has 7 heteroatoms. The number of ether oxygens (including phenoxy) is 2. The molecule has 0 aliphatic heterocycles. The third-order valence-electron chi connectivity index (χ3n) is 3.10. The highest BCUT2D eigenvalue weighted by Gasteiger charge is 2.05. The molecule has 5 nitrogen and oxygen atoms in total. The number of rotatable bonds is 6. The first-order valence-electron chi connectivity index (χ1n) is 6.88. The molecule has 23 heavy (non-hydrogen) atoms. The maximum absolute atomic E-state index is 11.8. The summed E-state index contributed by atoms with van der Waals surface area (Å²) in [6, 6.07) is 8.05. The van der Waals surface area contributed by atoms with Crippen LogP contribution in [0.4, 0.5) is 0 Å². The SMILES string of the molecule is COC(=O)c1ccc(OCCCn2cc(Cl)cc(Cl)c2=O)cc1. The molecule has 0 atom stereocenters. The summed E-state index contributed by atoms with van der Waals surface area (Å²) in [5.41, 5.74) is 0.179. The Morgan fingerprint density at radius 2 is 1.91 bits per heavy atom. The van der Waals surface area contributed by atoms with Gasteiger partial charge in [-0.2, -0.15) is 0 Å². The summed E-state index contributed by atoms with van der Waals surface area (Å²) in [6.45, 7) is 0.855. The summed E-state index contributed by atoms with van der Waals surface area (Å²) >= 11 is 11.7. The van der Waals surface area contributed by atoms with E-state index >= 15 is 0 Å². The molecule has 0 unspecified atom stereocenters. The van der Waals surface area contributed by atoms with Gasteiger partial charge in [-0.25, -0.2) is 4.79 Å². The van der Waals surface area contributed by atoms with Gasteiger partial charge in [0.15, 0.2) is 0 Å². The molecule has 1 heterocycles. The topological polar surface area (TPSA) is 57.5 Å². The second-order valence-electron chi connectivity index (χ2n) is 4.72. The van der Waals surface area contributed by atoms with Gasteiger partial charge in [-0.3, -0.25) is 4.79 Å². The van der Waals surface area contributed by atoms with E-state index in [9.17, 15) is 9.59 Å². The monoisotopic (exact) mass is 355 g/mol. The standard InChI is InChI=1S/C16H15Cl2NO4/c1-22-16(21)11-3-5-13(6-4-11)23-8-2-7-19-10-12(17)9-14(18)15(19)20/h3-6,9-10H,2,7-8H2,1H3. The molecular weight excluding hydrogens is 341 g/mol. The minimum absolute atomic E-state index is 0.0943. The minimum atomic E-state index is -0.395. The van der Waals surface area contributed by atoms with E-state index in [2.05, 4.69) is 4.74 Å². The van der Waals surface area contributed by atoms with Gasteiger partial charge >= 0.3 is 5.97 Å². The zero-order valence-corrected chi connectivity index (χ0v) is 13.9. The van der Waals surface area contributed by atoms with Gasteiger partial charge in [0.2, 0.25) is 0 Å². The van der Waals surface area contributed by atoms with Gasteiger partial charge in [0.25, 0.3) is 5.56 Å². The Balaban J connectivity index is 1.86. The molecule has 0 aliphatic carbocycles. The van der Waals surface area contributed by atoms with Crippen LogP contribution in [0, 0.1) is 0 Å². The van der Waals surface area contributed by atoms with Crippen LogP contribution in [0.5, 0.6) is 5.75 Å². The quantitative estimate of drug-likeness (QED) is 0.588. The van der Waals surface area contributed by atoms with Crippen molar-refractivity contribution >= 4 is 29.2 Å². The number of aryl methyl sites for hydroxylation is 1. The number of hydrogen-bond donors (Lipinski definition) is 0. The summed E-state index contributed by atoms with van der Waals surface area (Å²) in [4.78, 5) is 23.1. The van der Waals surface area contributed by atoms with Crippen molar-refractivity contribution in [3.63, 3.8) is 0 Å². The Labute approximate surface area is 143 Å². The van der Waals surface area contributed by atoms with Gasteiger partial charge in [0.05, 0.1) is 24.3 Å². The zero-order chi connectivity index (χ0) is 16.8. The number of methoxy groups -OCH3 is 1. The van der Waals surface area contributed by atoms with E-state index in [1.165, 1.54) is 17.7 Å². The molecule has 0 N–H and O–H groups in total. The molecule has 2 aromatic rings. The largest absolute Gasteiger partial charge is 0.494 e. The van der Waals surface area contributed by atoms with Crippen molar-refractivity contribution in [1.29, 1.82) is 0 Å². The summed E-state index contributed by atoms with van der Waals surface area (Å²) in [5, 5.41) is 0.505. The maximum Gasteiger partial charge on any atom is 0.337 e. The van der Waals surface area contributed by atoms with Crippen LogP contribution in [-0.2, 0) is 11.3 Å². The van der Waals surface area contributed by atoms with Crippen molar-refractivity contribution < 1.29 is 14.3 Å². The van der Waals surface area contributed by atoms with E-state index in [0.29, 0.717) is 35.9 Å². The fraction of sp³-hybridized carbons (Fsp3) is 0.250. The third kappa shape index (κ3) is 4.74. The molecule has 0 radical (unpaired) electrons. The number of hydrogen-bond acceptors (Lipinski definition) is 4. The Kier molecular flexibility index (Phi) is 6.07. The number of aromatic nitrogens is 1. The summed E-state index contributed by atoms with van der Waals surface area (Å²) < 4.78 is 11.6.